The highest BCUT2D eigenvalue weighted by atomic mass is 16.5. The number of nitrogens with two attached hydrogens (primary N) is 1. The lowest BCUT2D eigenvalue weighted by Crippen LogP contribution is -2.46. The molecule has 4 rings (SSSR count). The molecule has 0 bridgehead atoms. The summed E-state index contributed by atoms with van der Waals surface area (Å²) in [7, 11) is 1.23. The van der Waals surface area contributed by atoms with Gasteiger partial charge in [0.05, 0.1) is 12.5 Å². The molecule has 1 aliphatic rings. The normalized spacial score (nSPS) is 14.4. The van der Waals surface area contributed by atoms with Crippen molar-refractivity contribution in [2.24, 2.45) is 0 Å². The molecule has 1 amide bonds. The Hall–Kier alpha value is -3.94. The highest BCUT2D eigenvalue weighted by Crippen LogP contribution is 2.45. The van der Waals surface area contributed by atoms with E-state index in [0.717, 1.165) is 36.0 Å². The maximum atomic E-state index is 13.2. The second-order valence-electron chi connectivity index (χ2n) is 7.52. The molecule has 1 aliphatic carbocycles. The number of benzene rings is 2. The van der Waals surface area contributed by atoms with E-state index in [-0.39, 0.29) is 23.2 Å². The molecule has 0 spiro atoms. The molecule has 8 nitrogen and oxygen atoms in total. The molecule has 1 fully saturated rings. The molecule has 3 aromatic rings. The summed E-state index contributed by atoms with van der Waals surface area (Å²) in [4.78, 5) is 33.1. The van der Waals surface area contributed by atoms with Gasteiger partial charge >= 0.3 is 5.97 Å². The average Bonchev–Trinajstić information content (AvgIpc) is 2.75. The predicted octanol–water partition coefficient (Wildman–Crippen LogP) is 3.28. The SMILES string of the molecule is COC(=O)c1cc(NC(=O)C2(c3ccc(-c4cnc(N)nc4)cc3)CCC2)ccc1O. The fourth-order valence-corrected chi connectivity index (χ4v) is 3.78. The van der Waals surface area contributed by atoms with Gasteiger partial charge < -0.3 is 20.9 Å². The first-order valence-electron chi connectivity index (χ1n) is 9.84. The maximum Gasteiger partial charge on any atom is 0.341 e. The minimum absolute atomic E-state index is 0.00182. The number of hydrogen-bond acceptors (Lipinski definition) is 7. The first-order chi connectivity index (χ1) is 14.9. The number of amides is 1. The van der Waals surface area contributed by atoms with E-state index in [9.17, 15) is 14.7 Å². The summed E-state index contributed by atoms with van der Waals surface area (Å²) in [5, 5.41) is 12.8. The van der Waals surface area contributed by atoms with Crippen LogP contribution in [0.2, 0.25) is 0 Å². The Kier molecular flexibility index (Phi) is 5.29. The molecule has 1 saturated carbocycles. The van der Waals surface area contributed by atoms with Gasteiger partial charge in [0.15, 0.2) is 0 Å². The van der Waals surface area contributed by atoms with E-state index < -0.39 is 11.4 Å². The Morgan fingerprint density at radius 1 is 1.06 bits per heavy atom. The van der Waals surface area contributed by atoms with E-state index in [2.05, 4.69) is 20.0 Å². The Balaban J connectivity index is 1.57. The van der Waals surface area contributed by atoms with Gasteiger partial charge in [0.25, 0.3) is 0 Å². The molecule has 31 heavy (non-hydrogen) atoms. The van der Waals surface area contributed by atoms with Crippen molar-refractivity contribution < 1.29 is 19.4 Å². The molecule has 4 N–H and O–H groups in total. The molecule has 158 valence electrons. The van der Waals surface area contributed by atoms with Gasteiger partial charge in [-0.2, -0.15) is 0 Å². The largest absolute Gasteiger partial charge is 0.507 e. The van der Waals surface area contributed by atoms with Crippen molar-refractivity contribution in [1.29, 1.82) is 0 Å². The second-order valence-corrected chi connectivity index (χ2v) is 7.52. The number of carbonyl (C=O) groups is 2. The molecule has 8 heteroatoms. The number of rotatable bonds is 5. The van der Waals surface area contributed by atoms with Crippen LogP contribution in [0, 0.1) is 0 Å². The smallest absolute Gasteiger partial charge is 0.341 e. The average molecular weight is 418 g/mol. The van der Waals surface area contributed by atoms with Gasteiger partial charge in [0.2, 0.25) is 11.9 Å². The molecule has 0 unspecified atom stereocenters. The first-order valence-corrected chi connectivity index (χ1v) is 9.84. The van der Waals surface area contributed by atoms with Crippen LogP contribution in [0.3, 0.4) is 0 Å². The molecule has 0 saturated heterocycles. The summed E-state index contributed by atoms with van der Waals surface area (Å²) in [5.41, 5.74) is 8.01. The highest BCUT2D eigenvalue weighted by molar-refractivity contribution is 6.01. The van der Waals surface area contributed by atoms with E-state index in [1.165, 1.54) is 19.2 Å². The number of nitrogens with zero attached hydrogens (tertiary/aromatic N) is 2. The van der Waals surface area contributed by atoms with Crippen LogP contribution in [0.5, 0.6) is 5.75 Å². The number of carbonyl (C=O) groups excluding carboxylic acids is 2. The fourth-order valence-electron chi connectivity index (χ4n) is 3.78. The van der Waals surface area contributed by atoms with Gasteiger partial charge in [-0.15, -0.1) is 0 Å². The van der Waals surface area contributed by atoms with Gasteiger partial charge in [0, 0.05) is 23.6 Å². The van der Waals surface area contributed by atoms with Crippen LogP contribution in [0.15, 0.2) is 54.9 Å². The molecule has 1 heterocycles. The number of esters is 1. The zero-order chi connectivity index (χ0) is 22.0. The van der Waals surface area contributed by atoms with Gasteiger partial charge in [-0.1, -0.05) is 30.7 Å². The summed E-state index contributed by atoms with van der Waals surface area (Å²) in [6.45, 7) is 0. The van der Waals surface area contributed by atoms with E-state index >= 15 is 0 Å². The second kappa shape index (κ2) is 8.06. The third-order valence-corrected chi connectivity index (χ3v) is 5.74. The van der Waals surface area contributed by atoms with E-state index in [1.54, 1.807) is 18.5 Å². The Morgan fingerprint density at radius 2 is 1.74 bits per heavy atom. The zero-order valence-electron chi connectivity index (χ0n) is 17.0. The number of hydrogen-bond donors (Lipinski definition) is 3. The van der Waals surface area contributed by atoms with Crippen molar-refractivity contribution in [1.82, 2.24) is 9.97 Å². The molecule has 0 radical (unpaired) electrons. The van der Waals surface area contributed by atoms with Crippen molar-refractivity contribution in [3.8, 4) is 16.9 Å². The van der Waals surface area contributed by atoms with Crippen LogP contribution in [0.1, 0.15) is 35.2 Å². The van der Waals surface area contributed by atoms with Crippen LogP contribution in [-0.2, 0) is 14.9 Å². The number of nitrogens with one attached hydrogen (secondary N) is 1. The Bertz CT molecular complexity index is 1120. The highest BCUT2D eigenvalue weighted by Gasteiger charge is 2.45. The lowest BCUT2D eigenvalue weighted by molar-refractivity contribution is -0.124. The third kappa shape index (κ3) is 3.79. The van der Waals surface area contributed by atoms with Crippen LogP contribution in [0.4, 0.5) is 11.6 Å². The number of aromatic hydroxyl groups is 1. The minimum Gasteiger partial charge on any atom is -0.507 e. The van der Waals surface area contributed by atoms with Gasteiger partial charge in [0.1, 0.15) is 11.3 Å². The standard InChI is InChI=1S/C23H22N4O4/c1-31-20(29)18-11-17(7-8-19(18)28)27-21(30)23(9-2-10-23)16-5-3-14(4-6-16)15-12-25-22(24)26-13-15/h3-8,11-13,28H,2,9-10H2,1H3,(H,27,30)(H2,24,25,26). The summed E-state index contributed by atoms with van der Waals surface area (Å²) in [6, 6.07) is 12.1. The van der Waals surface area contributed by atoms with Crippen molar-refractivity contribution in [2.75, 3.05) is 18.2 Å². The topological polar surface area (TPSA) is 127 Å². The zero-order valence-corrected chi connectivity index (χ0v) is 17.0. The van der Waals surface area contributed by atoms with Gasteiger partial charge in [-0.25, -0.2) is 14.8 Å². The summed E-state index contributed by atoms with van der Waals surface area (Å²) >= 11 is 0. The predicted molar refractivity (Wildman–Crippen MR) is 115 cm³/mol. The van der Waals surface area contributed by atoms with Crippen LogP contribution in [0.25, 0.3) is 11.1 Å². The summed E-state index contributed by atoms with van der Waals surface area (Å²) in [5.74, 6) is -0.807. The number of ether oxygens (including phenoxy) is 1. The molecule has 0 atom stereocenters. The van der Waals surface area contributed by atoms with E-state index in [1.807, 2.05) is 24.3 Å². The molecule has 0 aliphatic heterocycles. The van der Waals surface area contributed by atoms with E-state index in [0.29, 0.717) is 5.69 Å². The van der Waals surface area contributed by atoms with E-state index in [4.69, 9.17) is 5.73 Å². The number of anilines is 2. The fraction of sp³-hybridized carbons (Fsp3) is 0.217. The monoisotopic (exact) mass is 418 g/mol. The maximum absolute atomic E-state index is 13.2. The van der Waals surface area contributed by atoms with Crippen LogP contribution < -0.4 is 11.1 Å². The van der Waals surface area contributed by atoms with Crippen molar-refractivity contribution in [2.45, 2.75) is 24.7 Å². The molecular weight excluding hydrogens is 396 g/mol. The Labute approximate surface area is 179 Å². The lowest BCUT2D eigenvalue weighted by atomic mass is 9.63. The number of phenols is 1. The lowest BCUT2D eigenvalue weighted by Gasteiger charge is -2.40. The third-order valence-electron chi connectivity index (χ3n) is 5.74. The number of methoxy groups -OCH3 is 1. The van der Waals surface area contributed by atoms with Gasteiger partial charge in [-0.05, 0) is 42.2 Å². The molecule has 2 aromatic carbocycles. The quantitative estimate of drug-likeness (QED) is 0.428. The van der Waals surface area contributed by atoms with Crippen molar-refractivity contribution in [3.63, 3.8) is 0 Å². The molecule has 1 aromatic heterocycles. The number of aromatic nitrogens is 2. The van der Waals surface area contributed by atoms with Crippen LogP contribution in [-0.4, -0.2) is 34.1 Å². The van der Waals surface area contributed by atoms with Crippen molar-refractivity contribution in [3.05, 3.63) is 66.0 Å². The molecular formula is C23H22N4O4. The van der Waals surface area contributed by atoms with Crippen LogP contribution >= 0.6 is 0 Å². The first kappa shape index (κ1) is 20.3. The minimum atomic E-state index is -0.672. The summed E-state index contributed by atoms with van der Waals surface area (Å²) in [6.07, 6.45) is 5.72. The van der Waals surface area contributed by atoms with Gasteiger partial charge in [-0.3, -0.25) is 4.79 Å². The summed E-state index contributed by atoms with van der Waals surface area (Å²) < 4.78 is 4.67. The number of phenolic OH excluding ortho intramolecular Hbond substituents is 1. The Morgan fingerprint density at radius 3 is 2.32 bits per heavy atom. The van der Waals surface area contributed by atoms with Crippen molar-refractivity contribution >= 4 is 23.5 Å². The number of nitrogen functional groups attached to an aromatic ring is 1.